The normalized spacial score (nSPS) is 17.6. The summed E-state index contributed by atoms with van der Waals surface area (Å²) < 4.78 is 1.04. The number of amides is 1. The third kappa shape index (κ3) is 3.12. The SMILES string of the molecule is CSc1sc(C(=O)NN=Cc2cccs2)c2c1C(O)CCC2. The molecule has 0 saturated carbocycles. The first-order chi connectivity index (χ1) is 10.7. The Labute approximate surface area is 141 Å². The van der Waals surface area contributed by atoms with Crippen LogP contribution < -0.4 is 5.43 Å². The number of carbonyl (C=O) groups is 1. The predicted molar refractivity (Wildman–Crippen MR) is 93.4 cm³/mol. The lowest BCUT2D eigenvalue weighted by atomic mass is 9.91. The minimum atomic E-state index is -0.446. The number of nitrogens with zero attached hydrogens (tertiary/aromatic N) is 1. The summed E-state index contributed by atoms with van der Waals surface area (Å²) in [5.41, 5.74) is 4.55. The molecule has 1 aliphatic carbocycles. The predicted octanol–water partition coefficient (Wildman–Crippen LogP) is 3.67. The lowest BCUT2D eigenvalue weighted by molar-refractivity contribution is 0.0957. The van der Waals surface area contributed by atoms with Crippen LogP contribution in [0.2, 0.25) is 0 Å². The summed E-state index contributed by atoms with van der Waals surface area (Å²) in [7, 11) is 0. The third-order valence-electron chi connectivity index (χ3n) is 3.54. The molecule has 1 atom stereocenters. The van der Waals surface area contributed by atoms with Crippen LogP contribution in [-0.2, 0) is 6.42 Å². The molecule has 0 bridgehead atoms. The number of hydrogen-bond donors (Lipinski definition) is 2. The van der Waals surface area contributed by atoms with E-state index in [-0.39, 0.29) is 5.91 Å². The van der Waals surface area contributed by atoms with Crippen LogP contribution in [0.1, 0.15) is 44.6 Å². The number of rotatable bonds is 4. The number of aliphatic hydroxyl groups is 1. The summed E-state index contributed by atoms with van der Waals surface area (Å²) in [5.74, 6) is -0.191. The maximum Gasteiger partial charge on any atom is 0.281 e. The van der Waals surface area contributed by atoms with Gasteiger partial charge >= 0.3 is 0 Å². The van der Waals surface area contributed by atoms with Gasteiger partial charge in [-0.3, -0.25) is 4.79 Å². The van der Waals surface area contributed by atoms with E-state index in [0.717, 1.165) is 39.5 Å². The molecule has 2 N–H and O–H groups in total. The summed E-state index contributed by atoms with van der Waals surface area (Å²) >= 11 is 4.61. The van der Waals surface area contributed by atoms with Gasteiger partial charge in [-0.2, -0.15) is 5.10 Å². The molecule has 4 nitrogen and oxygen atoms in total. The molecule has 7 heteroatoms. The molecule has 2 aromatic heterocycles. The van der Waals surface area contributed by atoms with Gasteiger partial charge in [-0.05, 0) is 42.5 Å². The van der Waals surface area contributed by atoms with Crippen LogP contribution in [0.25, 0.3) is 0 Å². The van der Waals surface area contributed by atoms with Crippen LogP contribution in [-0.4, -0.2) is 23.5 Å². The number of thioether (sulfide) groups is 1. The van der Waals surface area contributed by atoms with E-state index in [0.29, 0.717) is 4.88 Å². The number of carbonyl (C=O) groups excluding carboxylic acids is 1. The average Bonchev–Trinajstić information content (AvgIpc) is 3.15. The Morgan fingerprint density at radius 3 is 3.18 bits per heavy atom. The molecule has 22 heavy (non-hydrogen) atoms. The molecule has 2 heterocycles. The number of fused-ring (bicyclic) bond motifs is 1. The van der Waals surface area contributed by atoms with E-state index in [4.69, 9.17) is 0 Å². The van der Waals surface area contributed by atoms with Gasteiger partial charge in [0, 0.05) is 10.4 Å². The van der Waals surface area contributed by atoms with Crippen molar-refractivity contribution in [3.63, 3.8) is 0 Å². The molecule has 2 aromatic rings. The van der Waals surface area contributed by atoms with Crippen molar-refractivity contribution in [1.82, 2.24) is 5.43 Å². The third-order valence-corrected chi connectivity index (χ3v) is 6.73. The van der Waals surface area contributed by atoms with Gasteiger partial charge in [0.05, 0.1) is 21.4 Å². The van der Waals surface area contributed by atoms with Crippen LogP contribution in [0, 0.1) is 0 Å². The highest BCUT2D eigenvalue weighted by molar-refractivity contribution is 8.00. The Bertz CT molecular complexity index is 692. The highest BCUT2D eigenvalue weighted by Gasteiger charge is 2.29. The fourth-order valence-corrected chi connectivity index (χ4v) is 5.24. The maximum atomic E-state index is 12.4. The Morgan fingerprint density at radius 2 is 2.45 bits per heavy atom. The van der Waals surface area contributed by atoms with Crippen molar-refractivity contribution in [3.05, 3.63) is 38.4 Å². The molecule has 1 aliphatic rings. The first-order valence-electron chi connectivity index (χ1n) is 6.95. The molecular formula is C15H16N2O2S3. The van der Waals surface area contributed by atoms with E-state index < -0.39 is 6.10 Å². The summed E-state index contributed by atoms with van der Waals surface area (Å²) in [4.78, 5) is 14.1. The van der Waals surface area contributed by atoms with Crippen molar-refractivity contribution in [2.45, 2.75) is 29.6 Å². The zero-order chi connectivity index (χ0) is 15.5. The molecule has 0 saturated heterocycles. The van der Waals surface area contributed by atoms with Gasteiger partial charge in [0.1, 0.15) is 0 Å². The molecule has 3 rings (SSSR count). The van der Waals surface area contributed by atoms with Gasteiger partial charge in [-0.25, -0.2) is 5.43 Å². The van der Waals surface area contributed by atoms with Gasteiger partial charge < -0.3 is 5.11 Å². The quantitative estimate of drug-likeness (QED) is 0.501. The van der Waals surface area contributed by atoms with Crippen molar-refractivity contribution in [1.29, 1.82) is 0 Å². The van der Waals surface area contributed by atoms with Crippen molar-refractivity contribution < 1.29 is 9.90 Å². The highest BCUT2D eigenvalue weighted by Crippen LogP contribution is 2.43. The standard InChI is InChI=1S/C15H16N2O2S3/c1-20-15-12-10(5-2-6-11(12)18)13(22-15)14(19)17-16-8-9-4-3-7-21-9/h3-4,7-8,11,18H,2,5-6H2,1H3,(H,17,19). The molecule has 116 valence electrons. The van der Waals surface area contributed by atoms with Crippen LogP contribution in [0.4, 0.5) is 0 Å². The van der Waals surface area contributed by atoms with E-state index in [2.05, 4.69) is 10.5 Å². The fraction of sp³-hybridized carbons (Fsp3) is 0.333. The summed E-state index contributed by atoms with van der Waals surface area (Å²) in [5, 5.41) is 16.2. The van der Waals surface area contributed by atoms with Crippen LogP contribution in [0.15, 0.2) is 26.8 Å². The van der Waals surface area contributed by atoms with Crippen molar-refractivity contribution >= 4 is 46.6 Å². The minimum Gasteiger partial charge on any atom is -0.388 e. The monoisotopic (exact) mass is 352 g/mol. The minimum absolute atomic E-state index is 0.191. The van der Waals surface area contributed by atoms with Crippen LogP contribution >= 0.6 is 34.4 Å². The van der Waals surface area contributed by atoms with Crippen molar-refractivity contribution in [2.75, 3.05) is 6.26 Å². The van der Waals surface area contributed by atoms with Gasteiger partial charge in [0.25, 0.3) is 5.91 Å². The molecule has 1 unspecified atom stereocenters. The average molecular weight is 353 g/mol. The van der Waals surface area contributed by atoms with E-state index in [1.54, 1.807) is 29.3 Å². The molecule has 0 aliphatic heterocycles. The largest absolute Gasteiger partial charge is 0.388 e. The van der Waals surface area contributed by atoms with Crippen molar-refractivity contribution in [3.8, 4) is 0 Å². The van der Waals surface area contributed by atoms with Gasteiger partial charge in [0.2, 0.25) is 0 Å². The van der Waals surface area contributed by atoms with Crippen LogP contribution in [0.5, 0.6) is 0 Å². The first-order valence-corrected chi connectivity index (χ1v) is 9.87. The number of hydrazone groups is 1. The Hall–Kier alpha value is -1.15. The lowest BCUT2D eigenvalue weighted by Gasteiger charge is -2.19. The molecule has 0 fully saturated rings. The van der Waals surface area contributed by atoms with Crippen LogP contribution in [0.3, 0.4) is 0 Å². The fourth-order valence-electron chi connectivity index (χ4n) is 2.56. The summed E-state index contributed by atoms with van der Waals surface area (Å²) in [6, 6.07) is 3.88. The van der Waals surface area contributed by atoms with E-state index in [9.17, 15) is 9.90 Å². The number of nitrogens with one attached hydrogen (secondary N) is 1. The molecule has 0 radical (unpaired) electrons. The zero-order valence-electron chi connectivity index (χ0n) is 12.0. The number of thiophene rings is 2. The van der Waals surface area contributed by atoms with Gasteiger partial charge in [-0.1, -0.05) is 6.07 Å². The Balaban J connectivity index is 1.81. The second kappa shape index (κ2) is 6.95. The molecule has 0 spiro atoms. The number of aliphatic hydroxyl groups excluding tert-OH is 1. The second-order valence-electron chi connectivity index (χ2n) is 4.94. The molecular weight excluding hydrogens is 336 g/mol. The van der Waals surface area contributed by atoms with Crippen molar-refractivity contribution in [2.24, 2.45) is 5.10 Å². The van der Waals surface area contributed by atoms with E-state index >= 15 is 0 Å². The summed E-state index contributed by atoms with van der Waals surface area (Å²) in [6.45, 7) is 0. The Morgan fingerprint density at radius 1 is 1.59 bits per heavy atom. The Kier molecular flexibility index (Phi) is 4.97. The second-order valence-corrected chi connectivity index (χ2v) is 8.01. The van der Waals surface area contributed by atoms with Gasteiger partial charge in [-0.15, -0.1) is 34.4 Å². The van der Waals surface area contributed by atoms with E-state index in [1.165, 1.54) is 11.3 Å². The first kappa shape index (κ1) is 15.7. The zero-order valence-corrected chi connectivity index (χ0v) is 14.5. The maximum absolute atomic E-state index is 12.4. The van der Waals surface area contributed by atoms with Gasteiger partial charge in [0.15, 0.2) is 0 Å². The topological polar surface area (TPSA) is 61.7 Å². The summed E-state index contributed by atoms with van der Waals surface area (Å²) in [6.07, 6.45) is 5.71. The smallest absolute Gasteiger partial charge is 0.281 e. The molecule has 1 amide bonds. The van der Waals surface area contributed by atoms with E-state index in [1.807, 2.05) is 23.8 Å². The molecule has 0 aromatic carbocycles. The number of hydrogen-bond acceptors (Lipinski definition) is 6. The highest BCUT2D eigenvalue weighted by atomic mass is 32.2. The lowest BCUT2D eigenvalue weighted by Crippen LogP contribution is -2.19.